The molecule has 0 aliphatic rings. The first-order valence-electron chi connectivity index (χ1n) is 9.48. The van der Waals surface area contributed by atoms with E-state index in [1.807, 2.05) is 13.8 Å². The third-order valence-corrected chi connectivity index (χ3v) is 3.45. The lowest BCUT2D eigenvalue weighted by Gasteiger charge is -2.09. The summed E-state index contributed by atoms with van der Waals surface area (Å²) in [5.74, 6) is -0.125. The van der Waals surface area contributed by atoms with Crippen LogP contribution < -0.4 is 16.0 Å². The number of carbonyl (C=O) groups excluding carboxylic acids is 2. The average Bonchev–Trinajstić information content (AvgIpc) is 2.58. The van der Waals surface area contributed by atoms with Crippen molar-refractivity contribution in [3.8, 4) is 0 Å². The lowest BCUT2D eigenvalue weighted by molar-refractivity contribution is -0.126. The maximum Gasteiger partial charge on any atom is 0.245 e. The van der Waals surface area contributed by atoms with Gasteiger partial charge in [0.15, 0.2) is 0 Å². The Morgan fingerprint density at radius 1 is 0.840 bits per heavy atom. The first-order valence-corrected chi connectivity index (χ1v) is 9.48. The predicted molar refractivity (Wildman–Crippen MR) is 99.6 cm³/mol. The van der Waals surface area contributed by atoms with Crippen LogP contribution in [0.25, 0.3) is 0 Å². The smallest absolute Gasteiger partial charge is 0.245 e. The molecule has 2 amide bonds. The molecule has 0 aromatic heterocycles. The lowest BCUT2D eigenvalue weighted by Crippen LogP contribution is -2.38. The highest BCUT2D eigenvalue weighted by atomic mass is 16.5. The van der Waals surface area contributed by atoms with Gasteiger partial charge in [0.2, 0.25) is 11.8 Å². The maximum atomic E-state index is 11.5. The van der Waals surface area contributed by atoms with Crippen molar-refractivity contribution in [1.82, 2.24) is 16.0 Å². The van der Waals surface area contributed by atoms with E-state index in [-0.39, 0.29) is 24.5 Å². The van der Waals surface area contributed by atoms with Gasteiger partial charge in [0, 0.05) is 19.1 Å². The van der Waals surface area contributed by atoms with E-state index in [4.69, 9.17) is 9.47 Å². The standard InChI is InChI=1S/C18H37N3O4/c1-4-5-6-7-8-9-19-18(23)15-25-13-12-24-11-10-20-17(22)14-21-16(2)3/h16,21H,4-15H2,1-3H3,(H,19,23)(H,20,22). The molecule has 0 unspecified atom stereocenters. The van der Waals surface area contributed by atoms with Crippen LogP contribution in [0, 0.1) is 0 Å². The summed E-state index contributed by atoms with van der Waals surface area (Å²) >= 11 is 0. The molecule has 0 atom stereocenters. The first kappa shape index (κ1) is 23.8. The van der Waals surface area contributed by atoms with E-state index in [0.29, 0.717) is 39.5 Å². The number of carbonyl (C=O) groups is 2. The highest BCUT2D eigenvalue weighted by Gasteiger charge is 2.02. The molecule has 0 heterocycles. The molecule has 0 saturated heterocycles. The molecule has 7 nitrogen and oxygen atoms in total. The Labute approximate surface area is 152 Å². The van der Waals surface area contributed by atoms with Crippen LogP contribution in [0.5, 0.6) is 0 Å². The van der Waals surface area contributed by atoms with E-state index in [2.05, 4.69) is 22.9 Å². The van der Waals surface area contributed by atoms with Crippen LogP contribution in [0.2, 0.25) is 0 Å². The molecule has 0 aromatic carbocycles. The first-order chi connectivity index (χ1) is 12.1. The molecular formula is C18H37N3O4. The predicted octanol–water partition coefficient (Wildman–Crippen LogP) is 1.22. The minimum atomic E-state index is -0.0830. The quantitative estimate of drug-likeness (QED) is 0.340. The summed E-state index contributed by atoms with van der Waals surface area (Å²) in [6.07, 6.45) is 5.90. The van der Waals surface area contributed by atoms with Gasteiger partial charge in [-0.15, -0.1) is 0 Å². The number of amides is 2. The average molecular weight is 360 g/mol. The summed E-state index contributed by atoms with van der Waals surface area (Å²) in [4.78, 5) is 22.9. The number of ether oxygens (including phenoxy) is 2. The van der Waals surface area contributed by atoms with Crippen molar-refractivity contribution in [3.05, 3.63) is 0 Å². The molecule has 0 fully saturated rings. The van der Waals surface area contributed by atoms with Gasteiger partial charge < -0.3 is 25.4 Å². The molecule has 3 N–H and O–H groups in total. The van der Waals surface area contributed by atoms with Crippen molar-refractivity contribution in [3.63, 3.8) is 0 Å². The zero-order valence-electron chi connectivity index (χ0n) is 16.2. The number of nitrogens with one attached hydrogen (secondary N) is 3. The van der Waals surface area contributed by atoms with Crippen LogP contribution in [0.1, 0.15) is 52.9 Å². The Bertz CT molecular complexity index is 338. The Balaban J connectivity index is 3.27. The summed E-state index contributed by atoms with van der Waals surface area (Å²) in [6, 6.07) is 0.289. The third kappa shape index (κ3) is 19.0. The fourth-order valence-corrected chi connectivity index (χ4v) is 2.01. The van der Waals surface area contributed by atoms with Gasteiger partial charge >= 0.3 is 0 Å². The SMILES string of the molecule is CCCCCCCNC(=O)COCCOCCNC(=O)CNC(C)C. The minimum absolute atomic E-state index is 0.0417. The van der Waals surface area contributed by atoms with Crippen LogP contribution in [0.4, 0.5) is 0 Å². The van der Waals surface area contributed by atoms with Crippen LogP contribution in [0.3, 0.4) is 0 Å². The number of hydrogen-bond acceptors (Lipinski definition) is 5. The molecular weight excluding hydrogens is 322 g/mol. The second kappa shape index (κ2) is 17.6. The molecule has 0 aliphatic heterocycles. The molecule has 0 rings (SSSR count). The number of hydrogen-bond donors (Lipinski definition) is 3. The molecule has 0 radical (unpaired) electrons. The van der Waals surface area contributed by atoms with E-state index in [1.54, 1.807) is 0 Å². The minimum Gasteiger partial charge on any atom is -0.377 e. The second-order valence-electron chi connectivity index (χ2n) is 6.31. The van der Waals surface area contributed by atoms with Gasteiger partial charge in [-0.2, -0.15) is 0 Å². The summed E-state index contributed by atoms with van der Waals surface area (Å²) in [6.45, 7) is 8.94. The van der Waals surface area contributed by atoms with Gasteiger partial charge in [-0.3, -0.25) is 9.59 Å². The Kier molecular flexibility index (Phi) is 16.8. The summed E-state index contributed by atoms with van der Waals surface area (Å²) in [5.41, 5.74) is 0. The molecule has 7 heteroatoms. The zero-order valence-corrected chi connectivity index (χ0v) is 16.2. The molecule has 0 spiro atoms. The number of rotatable bonds is 17. The van der Waals surface area contributed by atoms with Gasteiger partial charge in [-0.25, -0.2) is 0 Å². The Morgan fingerprint density at radius 2 is 1.52 bits per heavy atom. The summed E-state index contributed by atoms with van der Waals surface area (Å²) in [7, 11) is 0. The summed E-state index contributed by atoms with van der Waals surface area (Å²) < 4.78 is 10.6. The maximum absolute atomic E-state index is 11.5. The van der Waals surface area contributed by atoms with Crippen LogP contribution in [-0.2, 0) is 19.1 Å². The highest BCUT2D eigenvalue weighted by Crippen LogP contribution is 2.00. The van der Waals surface area contributed by atoms with E-state index < -0.39 is 0 Å². The van der Waals surface area contributed by atoms with Crippen molar-refractivity contribution < 1.29 is 19.1 Å². The third-order valence-electron chi connectivity index (χ3n) is 3.45. The van der Waals surface area contributed by atoms with E-state index in [0.717, 1.165) is 12.8 Å². The zero-order chi connectivity index (χ0) is 18.8. The molecule has 25 heavy (non-hydrogen) atoms. The fraction of sp³-hybridized carbons (Fsp3) is 0.889. The van der Waals surface area contributed by atoms with Crippen molar-refractivity contribution in [2.75, 3.05) is 46.1 Å². The largest absolute Gasteiger partial charge is 0.377 e. The van der Waals surface area contributed by atoms with Gasteiger partial charge in [-0.1, -0.05) is 46.5 Å². The van der Waals surface area contributed by atoms with E-state index in [9.17, 15) is 9.59 Å². The van der Waals surface area contributed by atoms with Crippen molar-refractivity contribution in [2.24, 2.45) is 0 Å². The Morgan fingerprint density at radius 3 is 2.24 bits per heavy atom. The van der Waals surface area contributed by atoms with Crippen molar-refractivity contribution in [2.45, 2.75) is 58.9 Å². The van der Waals surface area contributed by atoms with E-state index >= 15 is 0 Å². The van der Waals surface area contributed by atoms with Crippen LogP contribution in [-0.4, -0.2) is 63.9 Å². The molecule has 0 aliphatic carbocycles. The van der Waals surface area contributed by atoms with Gasteiger partial charge in [-0.05, 0) is 6.42 Å². The molecule has 0 saturated carbocycles. The second-order valence-corrected chi connectivity index (χ2v) is 6.31. The highest BCUT2D eigenvalue weighted by molar-refractivity contribution is 5.78. The fourth-order valence-electron chi connectivity index (χ4n) is 2.01. The monoisotopic (exact) mass is 359 g/mol. The van der Waals surface area contributed by atoms with Crippen molar-refractivity contribution >= 4 is 11.8 Å². The van der Waals surface area contributed by atoms with Gasteiger partial charge in [0.25, 0.3) is 0 Å². The molecule has 148 valence electrons. The normalized spacial score (nSPS) is 10.9. The van der Waals surface area contributed by atoms with Gasteiger partial charge in [0.1, 0.15) is 6.61 Å². The van der Waals surface area contributed by atoms with Gasteiger partial charge in [0.05, 0.1) is 26.4 Å². The molecule has 0 aromatic rings. The van der Waals surface area contributed by atoms with Crippen LogP contribution >= 0.6 is 0 Å². The topological polar surface area (TPSA) is 88.7 Å². The summed E-state index contributed by atoms with van der Waals surface area (Å²) in [5, 5.41) is 8.64. The molecule has 0 bridgehead atoms. The number of unbranched alkanes of at least 4 members (excludes halogenated alkanes) is 4. The van der Waals surface area contributed by atoms with Crippen molar-refractivity contribution in [1.29, 1.82) is 0 Å². The van der Waals surface area contributed by atoms with E-state index in [1.165, 1.54) is 19.3 Å². The lowest BCUT2D eigenvalue weighted by atomic mass is 10.1. The Hall–Kier alpha value is -1.18. The van der Waals surface area contributed by atoms with Crippen LogP contribution in [0.15, 0.2) is 0 Å².